The van der Waals surface area contributed by atoms with Crippen molar-refractivity contribution in [1.82, 2.24) is 10.6 Å². The maximum atomic E-state index is 12.0. The van der Waals surface area contributed by atoms with Crippen molar-refractivity contribution in [2.75, 3.05) is 0 Å². The number of hydrogen-bond acceptors (Lipinski definition) is 2. The number of hydrogen-bond donors (Lipinski definition) is 2. The zero-order valence-corrected chi connectivity index (χ0v) is 15.1. The first kappa shape index (κ1) is 18.5. The van der Waals surface area contributed by atoms with Crippen LogP contribution in [0.2, 0.25) is 0 Å². The van der Waals surface area contributed by atoms with Crippen LogP contribution in [-0.4, -0.2) is 17.9 Å². The smallest absolute Gasteiger partial charge is 0.309 e. The Bertz CT molecular complexity index is 543. The van der Waals surface area contributed by atoms with Gasteiger partial charge in [0.2, 0.25) is 0 Å². The van der Waals surface area contributed by atoms with Gasteiger partial charge in [0.25, 0.3) is 0 Å². The van der Waals surface area contributed by atoms with Gasteiger partial charge in [-0.05, 0) is 48.6 Å². The van der Waals surface area contributed by atoms with Gasteiger partial charge in [0, 0.05) is 12.6 Å². The molecule has 24 heavy (non-hydrogen) atoms. The molecule has 1 aromatic rings. The van der Waals surface area contributed by atoms with E-state index < -0.39 is 11.8 Å². The Morgan fingerprint density at radius 2 is 1.67 bits per heavy atom. The summed E-state index contributed by atoms with van der Waals surface area (Å²) in [6.07, 6.45) is 5.45. The van der Waals surface area contributed by atoms with Crippen LogP contribution in [0.15, 0.2) is 24.3 Å². The van der Waals surface area contributed by atoms with Crippen molar-refractivity contribution in [3.05, 3.63) is 35.4 Å². The number of rotatable bonds is 5. The van der Waals surface area contributed by atoms with Crippen LogP contribution in [0.4, 0.5) is 0 Å². The molecule has 0 heterocycles. The lowest BCUT2D eigenvalue weighted by Crippen LogP contribution is -2.45. The molecule has 4 nitrogen and oxygen atoms in total. The minimum absolute atomic E-state index is 0.149. The van der Waals surface area contributed by atoms with Crippen molar-refractivity contribution in [1.29, 1.82) is 0 Å². The Kier molecular flexibility index (Phi) is 6.83. The van der Waals surface area contributed by atoms with Gasteiger partial charge in [-0.1, -0.05) is 51.5 Å². The van der Waals surface area contributed by atoms with E-state index in [0.29, 0.717) is 12.5 Å². The highest BCUT2D eigenvalue weighted by atomic mass is 16.2. The molecule has 132 valence electrons. The van der Waals surface area contributed by atoms with Crippen molar-refractivity contribution < 1.29 is 9.59 Å². The van der Waals surface area contributed by atoms with Crippen LogP contribution >= 0.6 is 0 Å². The number of nitrogens with one attached hydrogen (secondary N) is 2. The van der Waals surface area contributed by atoms with E-state index in [-0.39, 0.29) is 6.04 Å². The first-order valence-corrected chi connectivity index (χ1v) is 9.17. The monoisotopic (exact) mass is 330 g/mol. The molecule has 0 aliphatic heterocycles. The van der Waals surface area contributed by atoms with Crippen LogP contribution < -0.4 is 10.6 Å². The van der Waals surface area contributed by atoms with Gasteiger partial charge >= 0.3 is 11.8 Å². The number of carbonyl (C=O) groups is 2. The van der Waals surface area contributed by atoms with E-state index in [1.165, 1.54) is 12.0 Å². The quantitative estimate of drug-likeness (QED) is 0.812. The molecule has 1 aromatic carbocycles. The second-order valence-electron chi connectivity index (χ2n) is 7.18. The summed E-state index contributed by atoms with van der Waals surface area (Å²) in [6.45, 7) is 6.89. The van der Waals surface area contributed by atoms with Crippen LogP contribution in [0.5, 0.6) is 0 Å². The maximum absolute atomic E-state index is 12.0. The molecule has 2 rings (SSSR count). The normalized spacial score (nSPS) is 20.7. The Balaban J connectivity index is 1.74. The molecule has 0 bridgehead atoms. The number of amides is 2. The first-order valence-electron chi connectivity index (χ1n) is 9.17. The fraction of sp³-hybridized carbons (Fsp3) is 0.600. The zero-order chi connectivity index (χ0) is 17.5. The van der Waals surface area contributed by atoms with Crippen LogP contribution in [0.25, 0.3) is 0 Å². The molecule has 0 unspecified atom stereocenters. The molecule has 1 aliphatic carbocycles. The summed E-state index contributed by atoms with van der Waals surface area (Å²) in [5.74, 6) is 0.220. The minimum atomic E-state index is -0.541. The third-order valence-corrected chi connectivity index (χ3v) is 5.07. The van der Waals surface area contributed by atoms with E-state index in [1.54, 1.807) is 0 Å². The van der Waals surface area contributed by atoms with Crippen molar-refractivity contribution in [3.8, 4) is 0 Å². The molecular formula is C20H30N2O2. The molecule has 0 aromatic heterocycles. The third-order valence-electron chi connectivity index (χ3n) is 5.07. The summed E-state index contributed by atoms with van der Waals surface area (Å²) in [5.41, 5.74) is 2.27. The molecule has 0 atom stereocenters. The van der Waals surface area contributed by atoms with Gasteiger partial charge < -0.3 is 10.6 Å². The Morgan fingerprint density at radius 3 is 2.21 bits per heavy atom. The highest BCUT2D eigenvalue weighted by Crippen LogP contribution is 2.26. The Hall–Kier alpha value is -1.84. The molecule has 0 spiro atoms. The summed E-state index contributed by atoms with van der Waals surface area (Å²) >= 11 is 0. The van der Waals surface area contributed by atoms with Crippen LogP contribution in [0.3, 0.4) is 0 Å². The van der Waals surface area contributed by atoms with Crippen LogP contribution in [0.1, 0.15) is 69.9 Å². The SMILES string of the molecule is CCC1CCC(NC(=O)C(=O)NCc2ccc(C(C)C)cc2)CC1. The summed E-state index contributed by atoms with van der Waals surface area (Å²) in [6, 6.07) is 8.28. The zero-order valence-electron chi connectivity index (χ0n) is 15.1. The number of carbonyl (C=O) groups excluding carboxylic acids is 2. The maximum Gasteiger partial charge on any atom is 0.309 e. The molecule has 2 amide bonds. The van der Waals surface area contributed by atoms with Gasteiger partial charge in [0.05, 0.1) is 0 Å². The second-order valence-corrected chi connectivity index (χ2v) is 7.18. The molecule has 1 aliphatic rings. The highest BCUT2D eigenvalue weighted by molar-refractivity contribution is 6.35. The number of benzene rings is 1. The Labute approximate surface area is 145 Å². The summed E-state index contributed by atoms with van der Waals surface area (Å²) in [4.78, 5) is 24.0. The molecular weight excluding hydrogens is 300 g/mol. The standard InChI is InChI=1S/C20H30N2O2/c1-4-15-7-11-18(12-8-15)22-20(24)19(23)21-13-16-5-9-17(10-6-16)14(2)3/h5-6,9-10,14-15,18H,4,7-8,11-13H2,1-3H3,(H,21,23)(H,22,24). The largest absolute Gasteiger partial charge is 0.345 e. The lowest BCUT2D eigenvalue weighted by atomic mass is 9.84. The van der Waals surface area contributed by atoms with E-state index >= 15 is 0 Å². The lowest BCUT2D eigenvalue weighted by molar-refractivity contribution is -0.139. The van der Waals surface area contributed by atoms with Gasteiger partial charge in [-0.25, -0.2) is 0 Å². The fourth-order valence-corrected chi connectivity index (χ4v) is 3.25. The third kappa shape index (κ3) is 5.36. The van der Waals surface area contributed by atoms with Crippen molar-refractivity contribution >= 4 is 11.8 Å². The average Bonchev–Trinajstić information content (AvgIpc) is 2.60. The molecule has 0 radical (unpaired) electrons. The van der Waals surface area contributed by atoms with Gasteiger partial charge in [0.1, 0.15) is 0 Å². The van der Waals surface area contributed by atoms with Gasteiger partial charge in [0.15, 0.2) is 0 Å². The van der Waals surface area contributed by atoms with Crippen molar-refractivity contribution in [3.63, 3.8) is 0 Å². The highest BCUT2D eigenvalue weighted by Gasteiger charge is 2.23. The van der Waals surface area contributed by atoms with Crippen molar-refractivity contribution in [2.24, 2.45) is 5.92 Å². The summed E-state index contributed by atoms with van der Waals surface area (Å²) in [7, 11) is 0. The predicted molar refractivity (Wildman–Crippen MR) is 96.6 cm³/mol. The Morgan fingerprint density at radius 1 is 1.04 bits per heavy atom. The predicted octanol–water partition coefficient (Wildman–Crippen LogP) is 3.51. The van der Waals surface area contributed by atoms with Crippen molar-refractivity contribution in [2.45, 2.75) is 71.4 Å². The topological polar surface area (TPSA) is 58.2 Å². The average molecular weight is 330 g/mol. The van der Waals surface area contributed by atoms with E-state index in [4.69, 9.17) is 0 Å². The molecule has 1 fully saturated rings. The van der Waals surface area contributed by atoms with Crippen LogP contribution in [-0.2, 0) is 16.1 Å². The summed E-state index contributed by atoms with van der Waals surface area (Å²) in [5, 5.41) is 5.58. The molecule has 4 heteroatoms. The summed E-state index contributed by atoms with van der Waals surface area (Å²) < 4.78 is 0. The molecule has 1 saturated carbocycles. The van der Waals surface area contributed by atoms with Crippen LogP contribution in [0, 0.1) is 5.92 Å². The van der Waals surface area contributed by atoms with Gasteiger partial charge in [-0.3, -0.25) is 9.59 Å². The lowest BCUT2D eigenvalue weighted by Gasteiger charge is -2.28. The van der Waals surface area contributed by atoms with E-state index in [9.17, 15) is 9.59 Å². The second kappa shape index (κ2) is 8.86. The first-order chi connectivity index (χ1) is 11.5. The molecule has 2 N–H and O–H groups in total. The minimum Gasteiger partial charge on any atom is -0.345 e. The molecule has 0 saturated heterocycles. The van der Waals surface area contributed by atoms with Gasteiger partial charge in [-0.15, -0.1) is 0 Å². The van der Waals surface area contributed by atoms with E-state index in [0.717, 1.165) is 37.2 Å². The van der Waals surface area contributed by atoms with E-state index in [2.05, 4.69) is 43.5 Å². The van der Waals surface area contributed by atoms with Gasteiger partial charge in [-0.2, -0.15) is 0 Å². The van der Waals surface area contributed by atoms with E-state index in [1.807, 2.05) is 12.1 Å². The fourth-order valence-electron chi connectivity index (χ4n) is 3.25.